The molecule has 1 aliphatic carbocycles. The number of hydrogen-bond acceptors (Lipinski definition) is 3. The number of rotatable bonds is 3. The Kier molecular flexibility index (Phi) is 4.38. The van der Waals surface area contributed by atoms with E-state index in [4.69, 9.17) is 14.2 Å². The van der Waals surface area contributed by atoms with E-state index in [9.17, 15) is 4.39 Å². The molecule has 3 atom stereocenters. The molecule has 0 amide bonds. The lowest BCUT2D eigenvalue weighted by Gasteiger charge is -2.41. The average Bonchev–Trinajstić information content (AvgIpc) is 2.66. The van der Waals surface area contributed by atoms with Crippen molar-refractivity contribution < 1.29 is 18.6 Å². The monoisotopic (exact) mass is 342 g/mol. The fraction of sp³-hybridized carbons (Fsp3) is 0.429. The molecule has 1 heterocycles. The molecule has 3 nitrogen and oxygen atoms in total. The zero-order valence-corrected chi connectivity index (χ0v) is 14.6. The second-order valence-corrected chi connectivity index (χ2v) is 6.84. The minimum absolute atomic E-state index is 0.174. The van der Waals surface area contributed by atoms with Gasteiger partial charge in [-0.15, -0.1) is 0 Å². The Labute approximate surface area is 147 Å². The molecule has 2 aromatic carbocycles. The van der Waals surface area contributed by atoms with Crippen molar-refractivity contribution in [3.63, 3.8) is 0 Å². The quantitative estimate of drug-likeness (QED) is 0.786. The van der Waals surface area contributed by atoms with Crippen molar-refractivity contribution in [2.45, 2.75) is 43.8 Å². The average molecular weight is 342 g/mol. The highest BCUT2D eigenvalue weighted by Crippen LogP contribution is 2.49. The number of ether oxygens (including phenoxy) is 3. The predicted octanol–water partition coefficient (Wildman–Crippen LogP) is 4.99. The molecular weight excluding hydrogens is 319 g/mol. The van der Waals surface area contributed by atoms with Crippen molar-refractivity contribution >= 4 is 0 Å². The third-order valence-corrected chi connectivity index (χ3v) is 5.44. The number of benzene rings is 2. The van der Waals surface area contributed by atoms with Crippen molar-refractivity contribution in [3.05, 3.63) is 58.9 Å². The highest BCUT2D eigenvalue weighted by molar-refractivity contribution is 5.52. The van der Waals surface area contributed by atoms with Gasteiger partial charge in [-0.05, 0) is 53.8 Å². The fourth-order valence-corrected chi connectivity index (χ4v) is 4.25. The molecule has 0 spiro atoms. The molecule has 1 fully saturated rings. The van der Waals surface area contributed by atoms with Crippen molar-refractivity contribution in [1.29, 1.82) is 0 Å². The number of hydrogen-bond donors (Lipinski definition) is 0. The maximum absolute atomic E-state index is 13.8. The van der Waals surface area contributed by atoms with Crippen molar-refractivity contribution in [2.75, 3.05) is 14.2 Å². The maximum Gasteiger partial charge on any atom is 0.161 e. The van der Waals surface area contributed by atoms with Gasteiger partial charge in [0, 0.05) is 5.92 Å². The van der Waals surface area contributed by atoms with Gasteiger partial charge in [0.2, 0.25) is 0 Å². The van der Waals surface area contributed by atoms with Crippen molar-refractivity contribution in [3.8, 4) is 11.5 Å². The van der Waals surface area contributed by atoms with Gasteiger partial charge in [-0.3, -0.25) is 0 Å². The largest absolute Gasteiger partial charge is 0.493 e. The van der Waals surface area contributed by atoms with E-state index in [1.807, 2.05) is 12.1 Å². The van der Waals surface area contributed by atoms with Gasteiger partial charge in [-0.2, -0.15) is 0 Å². The lowest BCUT2D eigenvalue weighted by atomic mass is 9.76. The van der Waals surface area contributed by atoms with Gasteiger partial charge < -0.3 is 14.2 Å². The summed E-state index contributed by atoms with van der Waals surface area (Å²) in [6, 6.07) is 10.8. The third-order valence-electron chi connectivity index (χ3n) is 5.44. The van der Waals surface area contributed by atoms with Crippen LogP contribution in [0.5, 0.6) is 11.5 Å². The first-order valence-electron chi connectivity index (χ1n) is 8.88. The topological polar surface area (TPSA) is 27.7 Å². The Morgan fingerprint density at radius 2 is 1.68 bits per heavy atom. The van der Waals surface area contributed by atoms with Crippen LogP contribution in [0.3, 0.4) is 0 Å². The standard InChI is InChI=1S/C21H23FO3/c1-23-19-11-16-15-8-3-4-9-18(15)25-21(17(16)12-20(19)24-2)13-6-5-7-14(22)10-13/h5-7,10-12,15,18,21H,3-4,8-9H2,1-2H3/t15-,18-,21-/m1/s1. The van der Waals surface area contributed by atoms with Crippen molar-refractivity contribution in [2.24, 2.45) is 0 Å². The van der Waals surface area contributed by atoms with Gasteiger partial charge in [-0.1, -0.05) is 25.0 Å². The Morgan fingerprint density at radius 3 is 2.40 bits per heavy atom. The van der Waals surface area contributed by atoms with Gasteiger partial charge >= 0.3 is 0 Å². The lowest BCUT2D eigenvalue weighted by molar-refractivity contribution is -0.0392. The van der Waals surface area contributed by atoms with Crippen LogP contribution in [-0.4, -0.2) is 20.3 Å². The summed E-state index contributed by atoms with van der Waals surface area (Å²) < 4.78 is 31.3. The Bertz CT molecular complexity index is 774. The Hall–Kier alpha value is -2.07. The minimum atomic E-state index is -0.273. The van der Waals surface area contributed by atoms with Gasteiger partial charge in [0.05, 0.1) is 20.3 Å². The molecule has 0 saturated heterocycles. The number of methoxy groups -OCH3 is 2. The molecule has 0 N–H and O–H groups in total. The number of halogens is 1. The summed E-state index contributed by atoms with van der Waals surface area (Å²) in [6.45, 7) is 0. The van der Waals surface area contributed by atoms with E-state index in [1.165, 1.54) is 24.5 Å². The molecule has 0 unspecified atom stereocenters. The van der Waals surface area contributed by atoms with Crippen LogP contribution in [0.1, 0.15) is 54.4 Å². The van der Waals surface area contributed by atoms with Crippen LogP contribution in [0.25, 0.3) is 0 Å². The van der Waals surface area contributed by atoms with Crippen LogP contribution >= 0.6 is 0 Å². The Balaban J connectivity index is 1.87. The lowest BCUT2D eigenvalue weighted by Crippen LogP contribution is -2.33. The van der Waals surface area contributed by atoms with E-state index in [-0.39, 0.29) is 18.0 Å². The predicted molar refractivity (Wildman–Crippen MR) is 93.9 cm³/mol. The summed E-state index contributed by atoms with van der Waals surface area (Å²) >= 11 is 0. The van der Waals surface area contributed by atoms with E-state index < -0.39 is 0 Å². The maximum atomic E-state index is 13.8. The summed E-state index contributed by atoms with van der Waals surface area (Å²) in [6.07, 6.45) is 4.45. The smallest absolute Gasteiger partial charge is 0.161 e. The zero-order chi connectivity index (χ0) is 17.4. The van der Waals surface area contributed by atoms with Gasteiger partial charge in [-0.25, -0.2) is 4.39 Å². The first-order chi connectivity index (χ1) is 12.2. The molecule has 2 aromatic rings. The zero-order valence-electron chi connectivity index (χ0n) is 14.6. The fourth-order valence-electron chi connectivity index (χ4n) is 4.25. The Morgan fingerprint density at radius 1 is 0.960 bits per heavy atom. The first kappa shape index (κ1) is 16.4. The highest BCUT2D eigenvalue weighted by Gasteiger charge is 2.38. The molecule has 4 rings (SSSR count). The molecule has 1 aliphatic heterocycles. The molecule has 1 saturated carbocycles. The summed E-state index contributed by atoms with van der Waals surface area (Å²) in [5, 5.41) is 0. The summed E-state index contributed by atoms with van der Waals surface area (Å²) in [4.78, 5) is 0. The third kappa shape index (κ3) is 2.89. The summed E-state index contributed by atoms with van der Waals surface area (Å²) in [5.74, 6) is 1.55. The van der Waals surface area contributed by atoms with Crippen LogP contribution in [0.2, 0.25) is 0 Å². The SMILES string of the molecule is COc1cc2c(cc1OC)[C@H]1CCCC[C@H]1O[C@@H]2c1cccc(F)c1. The second-order valence-electron chi connectivity index (χ2n) is 6.84. The molecule has 0 bridgehead atoms. The summed E-state index contributed by atoms with van der Waals surface area (Å²) in [5.41, 5.74) is 3.16. The molecule has 0 aromatic heterocycles. The van der Waals surface area contributed by atoms with E-state index in [0.717, 1.165) is 29.7 Å². The molecule has 0 radical (unpaired) electrons. The molecule has 2 aliphatic rings. The van der Waals surface area contributed by atoms with Crippen molar-refractivity contribution in [1.82, 2.24) is 0 Å². The van der Waals surface area contributed by atoms with Gasteiger partial charge in [0.15, 0.2) is 11.5 Å². The normalized spacial score (nSPS) is 25.0. The highest BCUT2D eigenvalue weighted by atomic mass is 19.1. The molecule has 25 heavy (non-hydrogen) atoms. The van der Waals surface area contributed by atoms with E-state index in [1.54, 1.807) is 26.4 Å². The van der Waals surface area contributed by atoms with Crippen LogP contribution in [-0.2, 0) is 4.74 Å². The van der Waals surface area contributed by atoms with Gasteiger partial charge in [0.25, 0.3) is 0 Å². The molecule has 132 valence electrons. The van der Waals surface area contributed by atoms with E-state index in [0.29, 0.717) is 11.7 Å². The first-order valence-corrected chi connectivity index (χ1v) is 8.88. The van der Waals surface area contributed by atoms with Crippen LogP contribution < -0.4 is 9.47 Å². The van der Waals surface area contributed by atoms with E-state index >= 15 is 0 Å². The van der Waals surface area contributed by atoms with Gasteiger partial charge in [0.1, 0.15) is 11.9 Å². The van der Waals surface area contributed by atoms with Crippen LogP contribution in [0, 0.1) is 5.82 Å². The van der Waals surface area contributed by atoms with Crippen LogP contribution in [0.4, 0.5) is 4.39 Å². The minimum Gasteiger partial charge on any atom is -0.493 e. The van der Waals surface area contributed by atoms with Crippen LogP contribution in [0.15, 0.2) is 36.4 Å². The van der Waals surface area contributed by atoms with E-state index in [2.05, 4.69) is 6.07 Å². The second kappa shape index (κ2) is 6.68. The summed E-state index contributed by atoms with van der Waals surface area (Å²) in [7, 11) is 3.29. The molecule has 4 heteroatoms. The molecular formula is C21H23FO3. The number of fused-ring (bicyclic) bond motifs is 3.